The molecule has 0 radical (unpaired) electrons. The van der Waals surface area contributed by atoms with Crippen LogP contribution in [0.5, 0.6) is 0 Å². The average Bonchev–Trinajstić information content (AvgIpc) is 3.33. The van der Waals surface area contributed by atoms with E-state index in [1.165, 1.54) is 0 Å². The SMILES string of the molecule is c1ccc(-c2nc(CSc3nnc(-c4ccccc4)c(-c4ccccc4)n3)cs2)cc1. The minimum absolute atomic E-state index is 0.646. The van der Waals surface area contributed by atoms with Crippen LogP contribution in [0.1, 0.15) is 5.69 Å². The molecule has 0 saturated heterocycles. The standard InChI is InChI=1S/C25H18N4S2/c1-4-10-18(11-5-1)22-23(19-12-6-2-7-13-19)28-29-25(27-22)31-17-21-16-30-24(26-21)20-14-8-3-9-15-20/h1-16H,17H2. The van der Waals surface area contributed by atoms with Crippen LogP contribution in [-0.4, -0.2) is 20.2 Å². The van der Waals surface area contributed by atoms with Crippen molar-refractivity contribution in [3.05, 3.63) is 102 Å². The molecule has 0 saturated carbocycles. The van der Waals surface area contributed by atoms with Gasteiger partial charge in [-0.25, -0.2) is 9.97 Å². The zero-order chi connectivity index (χ0) is 20.9. The molecule has 0 aliphatic heterocycles. The third-order valence-electron chi connectivity index (χ3n) is 4.68. The first kappa shape index (κ1) is 19.6. The van der Waals surface area contributed by atoms with Crippen LogP contribution in [0.15, 0.2) is 102 Å². The minimum atomic E-state index is 0.646. The van der Waals surface area contributed by atoms with E-state index in [2.05, 4.69) is 39.8 Å². The summed E-state index contributed by atoms with van der Waals surface area (Å²) < 4.78 is 0. The highest BCUT2D eigenvalue weighted by molar-refractivity contribution is 7.98. The average molecular weight is 439 g/mol. The van der Waals surface area contributed by atoms with Crippen molar-refractivity contribution in [2.45, 2.75) is 10.9 Å². The molecule has 31 heavy (non-hydrogen) atoms. The summed E-state index contributed by atoms with van der Waals surface area (Å²) in [7, 11) is 0. The summed E-state index contributed by atoms with van der Waals surface area (Å²) in [6.07, 6.45) is 0. The lowest BCUT2D eigenvalue weighted by Gasteiger charge is -2.09. The summed E-state index contributed by atoms with van der Waals surface area (Å²) >= 11 is 3.21. The van der Waals surface area contributed by atoms with E-state index >= 15 is 0 Å². The molecular weight excluding hydrogens is 420 g/mol. The van der Waals surface area contributed by atoms with Gasteiger partial charge in [0.2, 0.25) is 5.16 Å². The monoisotopic (exact) mass is 438 g/mol. The van der Waals surface area contributed by atoms with Crippen LogP contribution in [0.3, 0.4) is 0 Å². The molecule has 5 rings (SSSR count). The van der Waals surface area contributed by atoms with Crippen molar-refractivity contribution < 1.29 is 0 Å². The summed E-state index contributed by atoms with van der Waals surface area (Å²) in [6, 6.07) is 30.4. The van der Waals surface area contributed by atoms with E-state index in [-0.39, 0.29) is 0 Å². The first-order valence-electron chi connectivity index (χ1n) is 9.85. The highest BCUT2D eigenvalue weighted by Crippen LogP contribution is 2.31. The van der Waals surface area contributed by atoms with E-state index in [1.54, 1.807) is 23.1 Å². The summed E-state index contributed by atoms with van der Waals surface area (Å²) in [5.74, 6) is 0.698. The van der Waals surface area contributed by atoms with Crippen LogP contribution < -0.4 is 0 Å². The lowest BCUT2D eigenvalue weighted by Crippen LogP contribution is -1.99. The lowest BCUT2D eigenvalue weighted by atomic mass is 10.0. The normalized spacial score (nSPS) is 10.8. The second kappa shape index (κ2) is 9.20. The number of hydrogen-bond acceptors (Lipinski definition) is 6. The Morgan fingerprint density at radius 2 is 1.19 bits per heavy atom. The number of aromatic nitrogens is 4. The predicted octanol–water partition coefficient (Wildman–Crippen LogP) is 6.62. The second-order valence-electron chi connectivity index (χ2n) is 6.82. The number of nitrogens with zero attached hydrogens (tertiary/aromatic N) is 4. The molecule has 4 nitrogen and oxygen atoms in total. The maximum atomic E-state index is 4.86. The van der Waals surface area contributed by atoms with Gasteiger partial charge < -0.3 is 0 Å². The van der Waals surface area contributed by atoms with Gasteiger partial charge in [0, 0.05) is 27.8 Å². The first-order chi connectivity index (χ1) is 15.4. The van der Waals surface area contributed by atoms with Gasteiger partial charge in [0.15, 0.2) is 0 Å². The van der Waals surface area contributed by atoms with E-state index < -0.39 is 0 Å². The summed E-state index contributed by atoms with van der Waals surface area (Å²) in [6.45, 7) is 0. The van der Waals surface area contributed by atoms with Gasteiger partial charge in [-0.3, -0.25) is 0 Å². The molecule has 0 amide bonds. The number of benzene rings is 3. The Labute approximate surface area is 189 Å². The van der Waals surface area contributed by atoms with Gasteiger partial charge in [0.1, 0.15) is 16.4 Å². The molecule has 2 aromatic heterocycles. The molecule has 5 aromatic rings. The molecule has 2 heterocycles. The third-order valence-corrected chi connectivity index (χ3v) is 6.49. The molecule has 0 aliphatic rings. The number of rotatable bonds is 6. The largest absolute Gasteiger partial charge is 0.240 e. The zero-order valence-electron chi connectivity index (χ0n) is 16.6. The molecule has 0 fully saturated rings. The molecule has 3 aromatic carbocycles. The maximum absolute atomic E-state index is 4.86. The topological polar surface area (TPSA) is 51.6 Å². The lowest BCUT2D eigenvalue weighted by molar-refractivity contribution is 0.849. The minimum Gasteiger partial charge on any atom is -0.240 e. The van der Waals surface area contributed by atoms with Crippen LogP contribution in [-0.2, 0) is 5.75 Å². The van der Waals surface area contributed by atoms with Crippen molar-refractivity contribution in [2.24, 2.45) is 0 Å². The Morgan fingerprint density at radius 1 is 0.613 bits per heavy atom. The Balaban J connectivity index is 1.41. The van der Waals surface area contributed by atoms with Gasteiger partial charge in [-0.05, 0) is 0 Å². The zero-order valence-corrected chi connectivity index (χ0v) is 18.2. The number of hydrogen-bond donors (Lipinski definition) is 0. The number of thioether (sulfide) groups is 1. The number of thiazole rings is 1. The molecule has 0 spiro atoms. The highest BCUT2D eigenvalue weighted by atomic mass is 32.2. The summed E-state index contributed by atoms with van der Waals surface area (Å²) in [4.78, 5) is 9.63. The van der Waals surface area contributed by atoms with Crippen molar-refractivity contribution in [3.63, 3.8) is 0 Å². The van der Waals surface area contributed by atoms with E-state index in [4.69, 9.17) is 9.97 Å². The van der Waals surface area contributed by atoms with Crippen molar-refractivity contribution >= 4 is 23.1 Å². The predicted molar refractivity (Wildman–Crippen MR) is 128 cm³/mol. The Hall–Kier alpha value is -3.35. The van der Waals surface area contributed by atoms with Crippen LogP contribution in [0, 0.1) is 0 Å². The third kappa shape index (κ3) is 4.55. The first-order valence-corrected chi connectivity index (χ1v) is 11.7. The maximum Gasteiger partial charge on any atom is 0.210 e. The fourth-order valence-corrected chi connectivity index (χ4v) is 4.80. The van der Waals surface area contributed by atoms with Gasteiger partial charge in [-0.1, -0.05) is 103 Å². The quantitative estimate of drug-likeness (QED) is 0.279. The molecule has 0 bridgehead atoms. The Kier molecular flexibility index (Phi) is 5.82. The van der Waals surface area contributed by atoms with Gasteiger partial charge >= 0.3 is 0 Å². The van der Waals surface area contributed by atoms with Gasteiger partial charge in [-0.2, -0.15) is 0 Å². The van der Waals surface area contributed by atoms with E-state index in [9.17, 15) is 0 Å². The van der Waals surface area contributed by atoms with Crippen molar-refractivity contribution in [1.82, 2.24) is 20.2 Å². The van der Waals surface area contributed by atoms with E-state index in [1.807, 2.05) is 66.7 Å². The molecule has 0 unspecified atom stereocenters. The molecular formula is C25H18N4S2. The fraction of sp³-hybridized carbons (Fsp3) is 0.0400. The Bertz CT molecular complexity index is 1270. The molecule has 0 atom stereocenters. The van der Waals surface area contributed by atoms with Gasteiger partial charge in [0.05, 0.1) is 5.69 Å². The smallest absolute Gasteiger partial charge is 0.210 e. The Morgan fingerprint density at radius 3 is 1.84 bits per heavy atom. The van der Waals surface area contributed by atoms with Crippen LogP contribution >= 0.6 is 23.1 Å². The van der Waals surface area contributed by atoms with Crippen molar-refractivity contribution in [1.29, 1.82) is 0 Å². The molecule has 0 N–H and O–H groups in total. The molecule has 150 valence electrons. The second-order valence-corrected chi connectivity index (χ2v) is 8.62. The van der Waals surface area contributed by atoms with Gasteiger partial charge in [0.25, 0.3) is 0 Å². The van der Waals surface area contributed by atoms with Gasteiger partial charge in [-0.15, -0.1) is 21.5 Å². The van der Waals surface area contributed by atoms with E-state index in [0.717, 1.165) is 38.8 Å². The van der Waals surface area contributed by atoms with Crippen molar-refractivity contribution in [2.75, 3.05) is 0 Å². The summed E-state index contributed by atoms with van der Waals surface area (Å²) in [5.41, 5.74) is 5.82. The highest BCUT2D eigenvalue weighted by Gasteiger charge is 2.14. The van der Waals surface area contributed by atoms with Crippen molar-refractivity contribution in [3.8, 4) is 33.1 Å². The van der Waals surface area contributed by atoms with Crippen LogP contribution in [0.4, 0.5) is 0 Å². The van der Waals surface area contributed by atoms with Crippen LogP contribution in [0.25, 0.3) is 33.1 Å². The summed E-state index contributed by atoms with van der Waals surface area (Å²) in [5, 5.41) is 12.7. The fourth-order valence-electron chi connectivity index (χ4n) is 3.19. The molecule has 0 aliphatic carbocycles. The molecule has 6 heteroatoms. The van der Waals surface area contributed by atoms with Crippen LogP contribution in [0.2, 0.25) is 0 Å². The van der Waals surface area contributed by atoms with E-state index in [0.29, 0.717) is 10.9 Å².